The number of aliphatic imine (C=N–C) groups is 1. The fourth-order valence-corrected chi connectivity index (χ4v) is 4.48. The van der Waals surface area contributed by atoms with E-state index in [1.807, 2.05) is 18.2 Å². The minimum absolute atomic E-state index is 0.108. The van der Waals surface area contributed by atoms with Crippen LogP contribution in [0, 0.1) is 0 Å². The Kier molecular flexibility index (Phi) is 8.87. The Morgan fingerprint density at radius 1 is 1.21 bits per heavy atom. The third kappa shape index (κ3) is 6.46. The predicted octanol–water partition coefficient (Wildman–Crippen LogP) is 3.40. The molecule has 1 atom stereocenters. The van der Waals surface area contributed by atoms with Crippen molar-refractivity contribution < 1.29 is 14.2 Å². The van der Waals surface area contributed by atoms with E-state index in [4.69, 9.17) is 37.4 Å². The number of hydrogen-bond acceptors (Lipinski definition) is 4. The molecule has 0 saturated carbocycles. The van der Waals surface area contributed by atoms with Gasteiger partial charge in [0.1, 0.15) is 0 Å². The van der Waals surface area contributed by atoms with Crippen molar-refractivity contribution in [3.05, 3.63) is 33.8 Å². The standard InChI is InChI=1S/C21H31Cl2N3O3/c1-24-20(25-8-2-9-29-17-5-10-28-14-17)26-15-21(6-11-27-12-7-21)18-4-3-16(22)13-19(18)23/h3-4,13,17H,2,5-12,14-15H2,1H3,(H2,24,25,26). The molecule has 0 aromatic heterocycles. The van der Waals surface area contributed by atoms with E-state index in [2.05, 4.69) is 15.6 Å². The van der Waals surface area contributed by atoms with Gasteiger partial charge in [0, 0.05) is 62.0 Å². The quantitative estimate of drug-likeness (QED) is 0.366. The lowest BCUT2D eigenvalue weighted by molar-refractivity contribution is 0.0419. The molecular weight excluding hydrogens is 413 g/mol. The molecule has 162 valence electrons. The van der Waals surface area contributed by atoms with E-state index in [-0.39, 0.29) is 11.5 Å². The summed E-state index contributed by atoms with van der Waals surface area (Å²) in [6.07, 6.45) is 3.96. The lowest BCUT2D eigenvalue weighted by Gasteiger charge is -2.39. The van der Waals surface area contributed by atoms with Gasteiger partial charge in [0.25, 0.3) is 0 Å². The van der Waals surface area contributed by atoms with Gasteiger partial charge in [0.15, 0.2) is 5.96 Å². The smallest absolute Gasteiger partial charge is 0.191 e. The van der Waals surface area contributed by atoms with Crippen molar-refractivity contribution in [2.45, 2.75) is 37.2 Å². The van der Waals surface area contributed by atoms with Gasteiger partial charge in [0.05, 0.1) is 12.7 Å². The molecule has 1 aromatic rings. The zero-order valence-corrected chi connectivity index (χ0v) is 18.5. The molecule has 8 heteroatoms. The number of nitrogens with zero attached hydrogens (tertiary/aromatic N) is 1. The molecule has 0 aliphatic carbocycles. The van der Waals surface area contributed by atoms with Crippen LogP contribution in [0.15, 0.2) is 23.2 Å². The molecule has 29 heavy (non-hydrogen) atoms. The molecule has 1 unspecified atom stereocenters. The van der Waals surface area contributed by atoms with E-state index in [0.29, 0.717) is 10.0 Å². The summed E-state index contributed by atoms with van der Waals surface area (Å²) in [5.41, 5.74) is 1.00. The number of hydrogen-bond donors (Lipinski definition) is 2. The fourth-order valence-electron chi connectivity index (χ4n) is 3.87. The van der Waals surface area contributed by atoms with Crippen LogP contribution < -0.4 is 10.6 Å². The fraction of sp³-hybridized carbons (Fsp3) is 0.667. The Hall–Kier alpha value is -1.05. The van der Waals surface area contributed by atoms with Crippen molar-refractivity contribution in [3.63, 3.8) is 0 Å². The van der Waals surface area contributed by atoms with Crippen molar-refractivity contribution in [1.82, 2.24) is 10.6 Å². The summed E-state index contributed by atoms with van der Waals surface area (Å²) in [6.45, 7) is 5.21. The second kappa shape index (κ2) is 11.4. The van der Waals surface area contributed by atoms with Crippen molar-refractivity contribution in [1.29, 1.82) is 0 Å². The van der Waals surface area contributed by atoms with Gasteiger partial charge in [-0.25, -0.2) is 0 Å². The van der Waals surface area contributed by atoms with Crippen LogP contribution in [0.1, 0.15) is 31.2 Å². The number of halogens is 2. The Morgan fingerprint density at radius 3 is 2.72 bits per heavy atom. The minimum Gasteiger partial charge on any atom is -0.381 e. The highest BCUT2D eigenvalue weighted by Gasteiger charge is 2.36. The van der Waals surface area contributed by atoms with Crippen LogP contribution >= 0.6 is 23.2 Å². The topological polar surface area (TPSA) is 64.1 Å². The highest BCUT2D eigenvalue weighted by Crippen LogP contribution is 2.39. The zero-order valence-electron chi connectivity index (χ0n) is 17.0. The van der Waals surface area contributed by atoms with E-state index in [0.717, 1.165) is 83.3 Å². The molecule has 2 saturated heterocycles. The molecule has 3 rings (SSSR count). The second-order valence-corrected chi connectivity index (χ2v) is 8.42. The highest BCUT2D eigenvalue weighted by atomic mass is 35.5. The summed E-state index contributed by atoms with van der Waals surface area (Å²) in [5, 5.41) is 8.21. The number of benzene rings is 1. The van der Waals surface area contributed by atoms with Crippen LogP contribution in [0.2, 0.25) is 10.0 Å². The second-order valence-electron chi connectivity index (χ2n) is 7.58. The van der Waals surface area contributed by atoms with Gasteiger partial charge in [-0.3, -0.25) is 4.99 Å². The molecule has 1 aromatic carbocycles. The molecule has 0 amide bonds. The molecule has 6 nitrogen and oxygen atoms in total. The number of ether oxygens (including phenoxy) is 3. The first-order valence-corrected chi connectivity index (χ1v) is 11.1. The van der Waals surface area contributed by atoms with Crippen molar-refractivity contribution in [3.8, 4) is 0 Å². The minimum atomic E-state index is -0.108. The van der Waals surface area contributed by atoms with Crippen LogP contribution in [0.3, 0.4) is 0 Å². The summed E-state index contributed by atoms with van der Waals surface area (Å²) < 4.78 is 16.7. The molecule has 2 aliphatic rings. The first-order chi connectivity index (χ1) is 14.1. The maximum absolute atomic E-state index is 6.55. The average molecular weight is 444 g/mol. The Morgan fingerprint density at radius 2 is 2.03 bits per heavy atom. The summed E-state index contributed by atoms with van der Waals surface area (Å²) in [7, 11) is 1.79. The van der Waals surface area contributed by atoms with Gasteiger partial charge in [0.2, 0.25) is 0 Å². The Balaban J connectivity index is 1.51. The van der Waals surface area contributed by atoms with Gasteiger partial charge in [-0.1, -0.05) is 29.3 Å². The molecule has 2 aliphatic heterocycles. The molecule has 0 spiro atoms. The summed E-state index contributed by atoms with van der Waals surface area (Å²) in [5.74, 6) is 0.783. The highest BCUT2D eigenvalue weighted by molar-refractivity contribution is 6.35. The molecule has 0 radical (unpaired) electrons. The number of rotatable bonds is 8. The van der Waals surface area contributed by atoms with Crippen LogP contribution in [-0.2, 0) is 19.6 Å². The van der Waals surface area contributed by atoms with Crippen molar-refractivity contribution in [2.75, 3.05) is 53.2 Å². The van der Waals surface area contributed by atoms with Crippen molar-refractivity contribution >= 4 is 29.2 Å². The van der Waals surface area contributed by atoms with E-state index >= 15 is 0 Å². The molecular formula is C21H31Cl2N3O3. The summed E-state index contributed by atoms with van der Waals surface area (Å²) in [4.78, 5) is 4.36. The van der Waals surface area contributed by atoms with Crippen LogP contribution in [0.5, 0.6) is 0 Å². The van der Waals surface area contributed by atoms with Gasteiger partial charge in [-0.15, -0.1) is 0 Å². The van der Waals surface area contributed by atoms with Crippen LogP contribution in [0.25, 0.3) is 0 Å². The SMILES string of the molecule is CN=C(NCCCOC1CCOC1)NCC1(c2ccc(Cl)cc2Cl)CCOCC1. The van der Waals surface area contributed by atoms with E-state index in [1.165, 1.54) is 0 Å². The maximum atomic E-state index is 6.55. The molecule has 2 fully saturated rings. The van der Waals surface area contributed by atoms with Crippen molar-refractivity contribution in [2.24, 2.45) is 4.99 Å². The number of guanidine groups is 1. The normalized spacial score (nSPS) is 21.9. The molecule has 2 N–H and O–H groups in total. The van der Waals surface area contributed by atoms with Gasteiger partial charge in [-0.05, 0) is 43.4 Å². The summed E-state index contributed by atoms with van der Waals surface area (Å²) in [6, 6.07) is 5.76. The van der Waals surface area contributed by atoms with E-state index in [9.17, 15) is 0 Å². The maximum Gasteiger partial charge on any atom is 0.191 e. The third-order valence-electron chi connectivity index (χ3n) is 5.63. The molecule has 2 heterocycles. The summed E-state index contributed by atoms with van der Waals surface area (Å²) >= 11 is 12.7. The predicted molar refractivity (Wildman–Crippen MR) is 117 cm³/mol. The van der Waals surface area contributed by atoms with E-state index in [1.54, 1.807) is 7.05 Å². The monoisotopic (exact) mass is 443 g/mol. The van der Waals surface area contributed by atoms with Crippen LogP contribution in [-0.4, -0.2) is 65.2 Å². The van der Waals surface area contributed by atoms with Gasteiger partial charge < -0.3 is 24.8 Å². The van der Waals surface area contributed by atoms with Gasteiger partial charge >= 0.3 is 0 Å². The Labute approximate surface area is 183 Å². The molecule has 0 bridgehead atoms. The zero-order chi connectivity index (χ0) is 20.5. The van der Waals surface area contributed by atoms with Crippen LogP contribution in [0.4, 0.5) is 0 Å². The van der Waals surface area contributed by atoms with E-state index < -0.39 is 0 Å². The Bertz CT molecular complexity index is 675. The third-order valence-corrected chi connectivity index (χ3v) is 6.17. The first kappa shape index (κ1) is 22.6. The largest absolute Gasteiger partial charge is 0.381 e. The average Bonchev–Trinajstić information content (AvgIpc) is 3.24. The lowest BCUT2D eigenvalue weighted by Crippen LogP contribution is -2.48. The lowest BCUT2D eigenvalue weighted by atomic mass is 9.74. The number of nitrogens with one attached hydrogen (secondary N) is 2. The first-order valence-electron chi connectivity index (χ1n) is 10.3. The van der Waals surface area contributed by atoms with Gasteiger partial charge in [-0.2, -0.15) is 0 Å².